The van der Waals surface area contributed by atoms with Crippen molar-refractivity contribution >= 4 is 37.6 Å². The molecule has 1 nitrogen and oxygen atoms in total. The van der Waals surface area contributed by atoms with Gasteiger partial charge >= 0.3 is 0 Å². The molecule has 2 aromatic carbocycles. The van der Waals surface area contributed by atoms with Crippen molar-refractivity contribution < 1.29 is 4.79 Å². The minimum atomic E-state index is 0.204. The third-order valence-electron chi connectivity index (χ3n) is 4.69. The van der Waals surface area contributed by atoms with Crippen molar-refractivity contribution in [3.8, 4) is 0 Å². The van der Waals surface area contributed by atoms with E-state index in [4.69, 9.17) is 0 Å². The summed E-state index contributed by atoms with van der Waals surface area (Å²) in [4.78, 5) is 12.4. The van der Waals surface area contributed by atoms with Crippen LogP contribution < -0.4 is 0 Å². The van der Waals surface area contributed by atoms with Crippen molar-refractivity contribution in [1.82, 2.24) is 0 Å². The van der Waals surface area contributed by atoms with Crippen molar-refractivity contribution in [2.45, 2.75) is 24.7 Å². The maximum absolute atomic E-state index is 12.4. The van der Waals surface area contributed by atoms with Gasteiger partial charge in [-0.05, 0) is 53.1 Å². The minimum Gasteiger partial charge on any atom is -0.300 e. The Labute approximate surface area is 154 Å². The summed E-state index contributed by atoms with van der Waals surface area (Å²) in [6, 6.07) is 16.6. The maximum atomic E-state index is 12.4. The fourth-order valence-corrected chi connectivity index (χ4v) is 4.08. The molecular weight excluding hydrogens is 416 g/mol. The number of carbonyl (C=O) groups excluding carboxylic acids is 1. The Bertz CT molecular complexity index is 646. The number of allylic oxidation sites excluding steroid dienone is 1. The summed E-state index contributed by atoms with van der Waals surface area (Å²) in [5, 5.41) is 0. The van der Waals surface area contributed by atoms with E-state index in [1.165, 1.54) is 11.1 Å². The van der Waals surface area contributed by atoms with E-state index in [0.29, 0.717) is 18.6 Å². The van der Waals surface area contributed by atoms with Crippen molar-refractivity contribution in [2.24, 2.45) is 5.92 Å². The second-order valence-electron chi connectivity index (χ2n) is 6.08. The molecule has 3 heteroatoms. The first-order chi connectivity index (χ1) is 11.1. The van der Waals surface area contributed by atoms with Gasteiger partial charge in [-0.25, -0.2) is 0 Å². The van der Waals surface area contributed by atoms with Gasteiger partial charge in [0.25, 0.3) is 0 Å². The number of benzene rings is 2. The predicted molar refractivity (Wildman–Crippen MR) is 102 cm³/mol. The van der Waals surface area contributed by atoms with Crippen molar-refractivity contribution in [3.05, 3.63) is 81.3 Å². The Kier molecular flexibility index (Phi) is 5.17. The molecule has 1 aliphatic rings. The number of halogens is 2. The zero-order valence-electron chi connectivity index (χ0n) is 12.7. The van der Waals surface area contributed by atoms with Gasteiger partial charge in [0.05, 0.1) is 0 Å². The monoisotopic (exact) mass is 432 g/mol. The van der Waals surface area contributed by atoms with Crippen LogP contribution in [0.15, 0.2) is 70.1 Å². The Morgan fingerprint density at radius 2 is 1.22 bits per heavy atom. The van der Waals surface area contributed by atoms with Crippen molar-refractivity contribution in [1.29, 1.82) is 0 Å². The van der Waals surface area contributed by atoms with Crippen LogP contribution in [0, 0.1) is 5.92 Å². The summed E-state index contributed by atoms with van der Waals surface area (Å²) in [5.41, 5.74) is 2.43. The molecule has 1 aliphatic carbocycles. The van der Waals surface area contributed by atoms with Gasteiger partial charge in [0.2, 0.25) is 0 Å². The topological polar surface area (TPSA) is 17.1 Å². The van der Waals surface area contributed by atoms with Crippen molar-refractivity contribution in [2.75, 3.05) is 0 Å². The fourth-order valence-electron chi connectivity index (χ4n) is 3.56. The van der Waals surface area contributed by atoms with E-state index >= 15 is 0 Å². The van der Waals surface area contributed by atoms with E-state index in [1.54, 1.807) is 0 Å². The van der Waals surface area contributed by atoms with Crippen LogP contribution in [-0.4, -0.2) is 5.78 Å². The highest BCUT2D eigenvalue weighted by Gasteiger charge is 2.36. The molecule has 0 spiro atoms. The van der Waals surface area contributed by atoms with Gasteiger partial charge in [0.1, 0.15) is 5.78 Å². The number of Topliss-reactive ketones (excluding diaryl/α,β-unsaturated/α-hetero) is 1. The summed E-state index contributed by atoms with van der Waals surface area (Å²) in [6.45, 7) is 4.07. The molecule has 23 heavy (non-hydrogen) atoms. The van der Waals surface area contributed by atoms with E-state index in [2.05, 4.69) is 62.7 Å². The van der Waals surface area contributed by atoms with Gasteiger partial charge in [-0.3, -0.25) is 4.79 Å². The summed E-state index contributed by atoms with van der Waals surface area (Å²) in [7, 11) is 0. The minimum absolute atomic E-state index is 0.204. The normalized spacial score (nSPS) is 22.1. The standard InChI is InChI=1S/C20H18Br2O/c1-2-18-19(13-3-7-15(21)8-4-13)11-17(23)12-20(18)14-5-9-16(22)10-6-14/h2-10,18-20H,1,11-12H2/t19-,20-/m1/s1. The largest absolute Gasteiger partial charge is 0.300 e. The Morgan fingerprint density at radius 3 is 1.57 bits per heavy atom. The van der Waals surface area contributed by atoms with E-state index in [9.17, 15) is 4.79 Å². The van der Waals surface area contributed by atoms with Gasteiger partial charge < -0.3 is 0 Å². The van der Waals surface area contributed by atoms with Crippen LogP contribution in [0.1, 0.15) is 35.8 Å². The molecule has 0 heterocycles. The second-order valence-corrected chi connectivity index (χ2v) is 7.91. The molecule has 0 N–H and O–H groups in total. The molecule has 1 fully saturated rings. The highest BCUT2D eigenvalue weighted by Crippen LogP contribution is 2.45. The highest BCUT2D eigenvalue weighted by atomic mass is 79.9. The maximum Gasteiger partial charge on any atom is 0.134 e. The zero-order valence-corrected chi connectivity index (χ0v) is 15.9. The second kappa shape index (κ2) is 7.14. The van der Waals surface area contributed by atoms with Gasteiger partial charge in [-0.2, -0.15) is 0 Å². The molecule has 0 unspecified atom stereocenters. The molecule has 0 aliphatic heterocycles. The van der Waals surface area contributed by atoms with Gasteiger partial charge in [-0.15, -0.1) is 6.58 Å². The fraction of sp³-hybridized carbons (Fsp3) is 0.250. The lowest BCUT2D eigenvalue weighted by atomic mass is 9.67. The van der Waals surface area contributed by atoms with E-state index in [0.717, 1.165) is 8.95 Å². The lowest BCUT2D eigenvalue weighted by Crippen LogP contribution is -2.29. The van der Waals surface area contributed by atoms with E-state index in [-0.39, 0.29) is 17.8 Å². The first-order valence-electron chi connectivity index (χ1n) is 7.73. The quantitative estimate of drug-likeness (QED) is 0.523. The number of hydrogen-bond donors (Lipinski definition) is 0. The molecule has 1 saturated carbocycles. The molecule has 2 aromatic rings. The smallest absolute Gasteiger partial charge is 0.134 e. The molecule has 0 amide bonds. The van der Waals surface area contributed by atoms with Crippen LogP contribution in [0.4, 0.5) is 0 Å². The summed E-state index contributed by atoms with van der Waals surface area (Å²) >= 11 is 6.95. The number of carbonyl (C=O) groups is 1. The third kappa shape index (κ3) is 3.67. The van der Waals surface area contributed by atoms with Crippen LogP contribution in [-0.2, 0) is 4.79 Å². The van der Waals surface area contributed by atoms with Gasteiger partial charge in [0, 0.05) is 21.8 Å². The van der Waals surface area contributed by atoms with E-state index < -0.39 is 0 Å². The Balaban J connectivity index is 1.97. The third-order valence-corrected chi connectivity index (χ3v) is 5.75. The predicted octanol–water partition coefficient (Wildman–Crippen LogP) is 6.24. The molecule has 0 saturated heterocycles. The van der Waals surface area contributed by atoms with Crippen LogP contribution in [0.3, 0.4) is 0 Å². The average molecular weight is 434 g/mol. The summed E-state index contributed by atoms with van der Waals surface area (Å²) < 4.78 is 2.12. The lowest BCUT2D eigenvalue weighted by Gasteiger charge is -2.36. The number of rotatable bonds is 3. The Morgan fingerprint density at radius 1 is 0.826 bits per heavy atom. The van der Waals surface area contributed by atoms with E-state index in [1.807, 2.05) is 30.3 Å². The number of ketones is 1. The SMILES string of the molecule is C=CC1[C@@H](c2ccc(Br)cc2)CC(=O)C[C@@H]1c1ccc(Br)cc1. The lowest BCUT2D eigenvalue weighted by molar-refractivity contribution is -0.121. The highest BCUT2D eigenvalue weighted by molar-refractivity contribution is 9.10. The molecular formula is C20H18Br2O. The number of hydrogen-bond acceptors (Lipinski definition) is 1. The first kappa shape index (κ1) is 16.7. The molecule has 3 rings (SSSR count). The summed E-state index contributed by atoms with van der Waals surface area (Å²) in [5.74, 6) is 1.02. The zero-order chi connectivity index (χ0) is 16.4. The van der Waals surface area contributed by atoms with Crippen molar-refractivity contribution in [3.63, 3.8) is 0 Å². The van der Waals surface area contributed by atoms with Crippen LogP contribution >= 0.6 is 31.9 Å². The molecule has 118 valence electrons. The Hall–Kier alpha value is -1.19. The van der Waals surface area contributed by atoms with Crippen LogP contribution in [0.2, 0.25) is 0 Å². The van der Waals surface area contributed by atoms with Crippen LogP contribution in [0.5, 0.6) is 0 Å². The molecule has 0 bridgehead atoms. The first-order valence-corrected chi connectivity index (χ1v) is 9.32. The van der Waals surface area contributed by atoms with Gasteiger partial charge in [-0.1, -0.05) is 62.2 Å². The average Bonchev–Trinajstić information content (AvgIpc) is 2.55. The molecule has 2 atom stereocenters. The molecule has 0 aromatic heterocycles. The molecule has 0 radical (unpaired) electrons. The van der Waals surface area contributed by atoms with Gasteiger partial charge in [0.15, 0.2) is 0 Å². The van der Waals surface area contributed by atoms with Crippen LogP contribution in [0.25, 0.3) is 0 Å². The summed E-state index contributed by atoms with van der Waals surface area (Å²) in [6.07, 6.45) is 3.24.